The molecule has 0 aliphatic carbocycles. The summed E-state index contributed by atoms with van der Waals surface area (Å²) in [6.07, 6.45) is 3.64. The van der Waals surface area contributed by atoms with Gasteiger partial charge in [0.15, 0.2) is 6.29 Å². The Morgan fingerprint density at radius 3 is 2.38 bits per heavy atom. The van der Waals surface area contributed by atoms with Crippen molar-refractivity contribution in [3.05, 3.63) is 54.1 Å². The van der Waals surface area contributed by atoms with Gasteiger partial charge >= 0.3 is 0 Å². The summed E-state index contributed by atoms with van der Waals surface area (Å²) in [5.74, 6) is 0. The third-order valence-corrected chi connectivity index (χ3v) is 6.84. The molecule has 1 aliphatic heterocycles. The second-order valence-corrected chi connectivity index (χ2v) is 8.51. The van der Waals surface area contributed by atoms with Crippen LogP contribution in [0.2, 0.25) is 0 Å². The zero-order valence-corrected chi connectivity index (χ0v) is 15.1. The van der Waals surface area contributed by atoms with Gasteiger partial charge in [-0.05, 0) is 36.6 Å². The topological polar surface area (TPSA) is 70.2 Å². The van der Waals surface area contributed by atoms with Crippen molar-refractivity contribution in [1.29, 1.82) is 0 Å². The first kappa shape index (κ1) is 17.0. The molecule has 0 saturated carbocycles. The van der Waals surface area contributed by atoms with E-state index in [1.165, 1.54) is 0 Å². The molecule has 0 atom stereocenters. The number of hydrogen-bond acceptors (Lipinski definition) is 3. The van der Waals surface area contributed by atoms with Crippen molar-refractivity contribution in [1.82, 2.24) is 9.29 Å². The number of carbonyl (C=O) groups excluding carboxylic acids is 1. The summed E-state index contributed by atoms with van der Waals surface area (Å²) >= 11 is 0. The van der Waals surface area contributed by atoms with Crippen molar-refractivity contribution in [2.45, 2.75) is 24.2 Å². The minimum Gasteiger partial charge on any atom is -0.354 e. The lowest BCUT2D eigenvalue weighted by molar-refractivity contribution is 0.112. The predicted octanol–water partition coefficient (Wildman–Crippen LogP) is 3.82. The van der Waals surface area contributed by atoms with E-state index in [4.69, 9.17) is 0 Å². The number of nitrogens with zero attached hydrogens (tertiary/aromatic N) is 1. The highest BCUT2D eigenvalue weighted by atomic mass is 32.2. The van der Waals surface area contributed by atoms with Crippen LogP contribution in [0, 0.1) is 0 Å². The van der Waals surface area contributed by atoms with E-state index in [2.05, 4.69) is 4.98 Å². The van der Waals surface area contributed by atoms with E-state index in [-0.39, 0.29) is 4.90 Å². The van der Waals surface area contributed by atoms with Crippen LogP contribution >= 0.6 is 0 Å². The van der Waals surface area contributed by atoms with Crippen LogP contribution in [0.3, 0.4) is 0 Å². The van der Waals surface area contributed by atoms with E-state index in [0.717, 1.165) is 36.6 Å². The minimum atomic E-state index is -3.53. The maximum Gasteiger partial charge on any atom is 0.243 e. The molecule has 3 aromatic rings. The Kier molecular flexibility index (Phi) is 4.38. The summed E-state index contributed by atoms with van der Waals surface area (Å²) in [5.41, 5.74) is 2.85. The van der Waals surface area contributed by atoms with Gasteiger partial charge in [0.2, 0.25) is 10.0 Å². The van der Waals surface area contributed by atoms with Gasteiger partial charge in [0.25, 0.3) is 0 Å². The lowest BCUT2D eigenvalue weighted by Crippen LogP contribution is -2.35. The SMILES string of the molecule is O=Cc1c(-c2ccccc2)[nH]c2ccc(S(=O)(=O)N3CCCCC3)cc12. The number of aldehydes is 1. The van der Waals surface area contributed by atoms with Gasteiger partial charge in [0.1, 0.15) is 0 Å². The molecule has 2 aromatic carbocycles. The molecule has 1 N–H and O–H groups in total. The molecule has 1 fully saturated rings. The van der Waals surface area contributed by atoms with Crippen LogP contribution in [0.25, 0.3) is 22.2 Å². The number of benzene rings is 2. The molecule has 0 radical (unpaired) electrons. The number of fused-ring (bicyclic) bond motifs is 1. The molecule has 1 saturated heterocycles. The first-order valence-corrected chi connectivity index (χ1v) is 10.2. The van der Waals surface area contributed by atoms with Gasteiger partial charge in [-0.2, -0.15) is 4.31 Å². The molecule has 6 heteroatoms. The van der Waals surface area contributed by atoms with Crippen molar-refractivity contribution in [3.63, 3.8) is 0 Å². The summed E-state index contributed by atoms with van der Waals surface area (Å²) in [6.45, 7) is 1.12. The molecular formula is C20H20N2O3S. The summed E-state index contributed by atoms with van der Waals surface area (Å²) < 4.78 is 27.4. The van der Waals surface area contributed by atoms with E-state index in [9.17, 15) is 13.2 Å². The molecule has 26 heavy (non-hydrogen) atoms. The van der Waals surface area contributed by atoms with Crippen LogP contribution in [0.1, 0.15) is 29.6 Å². The number of nitrogens with one attached hydrogen (secondary N) is 1. The fraction of sp³-hybridized carbons (Fsp3) is 0.250. The van der Waals surface area contributed by atoms with Crippen molar-refractivity contribution in [3.8, 4) is 11.3 Å². The molecule has 1 aliphatic rings. The number of H-pyrrole nitrogens is 1. The molecule has 5 nitrogen and oxygen atoms in total. The summed E-state index contributed by atoms with van der Waals surface area (Å²) in [4.78, 5) is 15.3. The van der Waals surface area contributed by atoms with Crippen LogP contribution in [-0.4, -0.2) is 37.1 Å². The zero-order valence-electron chi connectivity index (χ0n) is 14.3. The first-order chi connectivity index (χ1) is 12.6. The molecule has 2 heterocycles. The zero-order chi connectivity index (χ0) is 18.1. The fourth-order valence-electron chi connectivity index (χ4n) is 3.56. The molecule has 1 aromatic heterocycles. The van der Waals surface area contributed by atoms with Gasteiger partial charge in [-0.15, -0.1) is 0 Å². The second-order valence-electron chi connectivity index (χ2n) is 6.57. The highest BCUT2D eigenvalue weighted by Gasteiger charge is 2.26. The van der Waals surface area contributed by atoms with Gasteiger partial charge in [-0.1, -0.05) is 36.8 Å². The normalized spacial score (nSPS) is 16.0. The Labute approximate surface area is 152 Å². The molecule has 134 valence electrons. The van der Waals surface area contributed by atoms with Crippen molar-refractivity contribution in [2.24, 2.45) is 0 Å². The standard InChI is InChI=1S/C20H20N2O3S/c23-14-18-17-13-16(26(24,25)22-11-5-2-6-12-22)9-10-19(17)21-20(18)15-7-3-1-4-8-15/h1,3-4,7-10,13-14,21H,2,5-6,11-12H2. The third kappa shape index (κ3) is 2.85. The second kappa shape index (κ2) is 6.70. The fourth-order valence-corrected chi connectivity index (χ4v) is 5.11. The largest absolute Gasteiger partial charge is 0.354 e. The Bertz CT molecular complexity index is 1050. The monoisotopic (exact) mass is 368 g/mol. The molecule has 0 bridgehead atoms. The molecule has 0 amide bonds. The number of hydrogen-bond donors (Lipinski definition) is 1. The number of piperidine rings is 1. The summed E-state index contributed by atoms with van der Waals surface area (Å²) in [6, 6.07) is 14.5. The van der Waals surface area contributed by atoms with Crippen LogP contribution in [0.5, 0.6) is 0 Å². The van der Waals surface area contributed by atoms with Gasteiger partial charge in [0, 0.05) is 29.6 Å². The van der Waals surface area contributed by atoms with Gasteiger partial charge < -0.3 is 4.98 Å². The summed E-state index contributed by atoms with van der Waals surface area (Å²) in [7, 11) is -3.53. The highest BCUT2D eigenvalue weighted by Crippen LogP contribution is 2.31. The van der Waals surface area contributed by atoms with Crippen molar-refractivity contribution in [2.75, 3.05) is 13.1 Å². The first-order valence-electron chi connectivity index (χ1n) is 8.78. The number of aromatic amines is 1. The average Bonchev–Trinajstić information content (AvgIpc) is 3.07. The smallest absolute Gasteiger partial charge is 0.243 e. The maximum absolute atomic E-state index is 12.9. The van der Waals surface area contributed by atoms with E-state index < -0.39 is 10.0 Å². The van der Waals surface area contributed by atoms with Crippen LogP contribution in [0.15, 0.2) is 53.4 Å². The predicted molar refractivity (Wildman–Crippen MR) is 102 cm³/mol. The van der Waals surface area contributed by atoms with Crippen molar-refractivity contribution >= 4 is 27.2 Å². The van der Waals surface area contributed by atoms with E-state index in [1.807, 2.05) is 30.3 Å². The van der Waals surface area contributed by atoms with Crippen molar-refractivity contribution < 1.29 is 13.2 Å². The number of carbonyl (C=O) groups is 1. The minimum absolute atomic E-state index is 0.244. The molecule has 4 rings (SSSR count). The summed E-state index contributed by atoms with van der Waals surface area (Å²) in [5, 5.41) is 0.636. The Morgan fingerprint density at radius 2 is 1.69 bits per heavy atom. The van der Waals surface area contributed by atoms with E-state index >= 15 is 0 Å². The Hall–Kier alpha value is -2.44. The quantitative estimate of drug-likeness (QED) is 0.712. The number of aromatic nitrogens is 1. The van der Waals surface area contributed by atoms with E-state index in [1.54, 1.807) is 22.5 Å². The Morgan fingerprint density at radius 1 is 0.962 bits per heavy atom. The van der Waals surface area contributed by atoms with Gasteiger partial charge in [-0.25, -0.2) is 8.42 Å². The molecular weight excluding hydrogens is 348 g/mol. The average molecular weight is 368 g/mol. The third-order valence-electron chi connectivity index (χ3n) is 4.94. The van der Waals surface area contributed by atoms with Crippen LogP contribution in [-0.2, 0) is 10.0 Å². The maximum atomic E-state index is 12.9. The number of rotatable bonds is 4. The van der Waals surface area contributed by atoms with Crippen LogP contribution in [0.4, 0.5) is 0 Å². The van der Waals surface area contributed by atoms with Gasteiger partial charge in [-0.3, -0.25) is 4.79 Å². The van der Waals surface area contributed by atoms with Crippen LogP contribution < -0.4 is 0 Å². The lowest BCUT2D eigenvalue weighted by Gasteiger charge is -2.25. The number of sulfonamides is 1. The molecule has 0 unspecified atom stereocenters. The highest BCUT2D eigenvalue weighted by molar-refractivity contribution is 7.89. The molecule has 0 spiro atoms. The lowest BCUT2D eigenvalue weighted by atomic mass is 10.1. The van der Waals surface area contributed by atoms with Gasteiger partial charge in [0.05, 0.1) is 10.6 Å². The van der Waals surface area contributed by atoms with E-state index in [0.29, 0.717) is 29.7 Å². The Balaban J connectivity index is 1.84.